The van der Waals surface area contributed by atoms with Gasteiger partial charge in [-0.3, -0.25) is 0 Å². The summed E-state index contributed by atoms with van der Waals surface area (Å²) in [5.41, 5.74) is 2.90. The fraction of sp³-hybridized carbons (Fsp3) is 0.462. The molecule has 2 aromatic rings. The standard InChI is InChI=1S/C13H17N3O/c1-8-2-4-10(14-7-8)9-3-5-11-12(6-9)16-13(17)15-11/h3,5-6,8,10,14H,2,4,7H2,1H3,(H2,15,16,17)/t8-,10+/m0/s1. The monoisotopic (exact) mass is 231 g/mol. The van der Waals surface area contributed by atoms with Crippen LogP contribution in [0.1, 0.15) is 31.4 Å². The Bertz CT molecular complexity index is 576. The highest BCUT2D eigenvalue weighted by Gasteiger charge is 2.19. The van der Waals surface area contributed by atoms with E-state index in [1.54, 1.807) is 0 Å². The van der Waals surface area contributed by atoms with Gasteiger partial charge in [0.2, 0.25) is 0 Å². The van der Waals surface area contributed by atoms with Gasteiger partial charge in [0.1, 0.15) is 0 Å². The Morgan fingerprint density at radius 3 is 2.76 bits per heavy atom. The van der Waals surface area contributed by atoms with Crippen molar-refractivity contribution in [2.75, 3.05) is 6.54 Å². The summed E-state index contributed by atoms with van der Waals surface area (Å²) in [7, 11) is 0. The first-order valence-corrected chi connectivity index (χ1v) is 6.18. The van der Waals surface area contributed by atoms with E-state index < -0.39 is 0 Å². The fourth-order valence-electron chi connectivity index (χ4n) is 2.55. The van der Waals surface area contributed by atoms with Gasteiger partial charge >= 0.3 is 5.69 Å². The van der Waals surface area contributed by atoms with Gasteiger partial charge in [0.05, 0.1) is 11.0 Å². The second-order valence-corrected chi connectivity index (χ2v) is 5.03. The maximum atomic E-state index is 11.2. The van der Waals surface area contributed by atoms with E-state index in [4.69, 9.17) is 0 Å². The topological polar surface area (TPSA) is 60.7 Å². The van der Waals surface area contributed by atoms with Gasteiger partial charge < -0.3 is 15.3 Å². The van der Waals surface area contributed by atoms with E-state index in [0.717, 1.165) is 23.5 Å². The average molecular weight is 231 g/mol. The van der Waals surface area contributed by atoms with Gasteiger partial charge in [-0.2, -0.15) is 0 Å². The van der Waals surface area contributed by atoms with E-state index in [0.29, 0.717) is 6.04 Å². The smallest absolute Gasteiger partial charge is 0.310 e. The van der Waals surface area contributed by atoms with Gasteiger partial charge in [0.25, 0.3) is 0 Å². The number of fused-ring (bicyclic) bond motifs is 1. The molecule has 4 nitrogen and oxygen atoms in total. The van der Waals surface area contributed by atoms with Crippen LogP contribution in [0.4, 0.5) is 0 Å². The van der Waals surface area contributed by atoms with Crippen molar-refractivity contribution >= 4 is 11.0 Å². The van der Waals surface area contributed by atoms with Crippen LogP contribution in [0.3, 0.4) is 0 Å². The van der Waals surface area contributed by atoms with Crippen LogP contribution in [0.25, 0.3) is 11.0 Å². The first-order chi connectivity index (χ1) is 8.22. The summed E-state index contributed by atoms with van der Waals surface area (Å²) in [6.45, 7) is 3.35. The van der Waals surface area contributed by atoms with Gasteiger partial charge in [-0.15, -0.1) is 0 Å². The Kier molecular flexibility index (Phi) is 2.52. The molecule has 1 saturated heterocycles. The molecule has 3 rings (SSSR count). The molecule has 0 unspecified atom stereocenters. The van der Waals surface area contributed by atoms with Crippen molar-refractivity contribution in [1.82, 2.24) is 15.3 Å². The number of imidazole rings is 1. The molecular formula is C13H17N3O. The van der Waals surface area contributed by atoms with Crippen molar-refractivity contribution < 1.29 is 0 Å². The van der Waals surface area contributed by atoms with Crippen LogP contribution >= 0.6 is 0 Å². The zero-order chi connectivity index (χ0) is 11.8. The summed E-state index contributed by atoms with van der Waals surface area (Å²) in [5.74, 6) is 0.766. The summed E-state index contributed by atoms with van der Waals surface area (Å²) >= 11 is 0. The van der Waals surface area contributed by atoms with Crippen LogP contribution in [0.15, 0.2) is 23.0 Å². The second kappa shape index (κ2) is 4.04. The van der Waals surface area contributed by atoms with Gasteiger partial charge in [-0.05, 0) is 43.0 Å². The molecule has 1 aliphatic rings. The zero-order valence-electron chi connectivity index (χ0n) is 9.92. The molecule has 90 valence electrons. The molecule has 1 aromatic heterocycles. The third-order valence-electron chi connectivity index (χ3n) is 3.60. The molecule has 0 radical (unpaired) electrons. The normalized spacial score (nSPS) is 25.2. The van der Waals surface area contributed by atoms with E-state index in [1.807, 2.05) is 6.07 Å². The van der Waals surface area contributed by atoms with Crippen LogP contribution in [0, 0.1) is 5.92 Å². The number of nitrogens with one attached hydrogen (secondary N) is 3. The summed E-state index contributed by atoms with van der Waals surface area (Å²) in [6.07, 6.45) is 2.43. The molecule has 0 aliphatic carbocycles. The van der Waals surface area contributed by atoms with E-state index in [9.17, 15) is 4.79 Å². The summed E-state index contributed by atoms with van der Waals surface area (Å²) < 4.78 is 0. The largest absolute Gasteiger partial charge is 0.323 e. The van der Waals surface area contributed by atoms with Gasteiger partial charge in [0, 0.05) is 6.04 Å². The Balaban J connectivity index is 1.92. The fourth-order valence-corrected chi connectivity index (χ4v) is 2.55. The lowest BCUT2D eigenvalue weighted by Gasteiger charge is -2.28. The molecule has 0 saturated carbocycles. The highest BCUT2D eigenvalue weighted by Crippen LogP contribution is 2.26. The number of aromatic nitrogens is 2. The van der Waals surface area contributed by atoms with E-state index in [-0.39, 0.29) is 5.69 Å². The lowest BCUT2D eigenvalue weighted by atomic mass is 9.92. The minimum Gasteiger partial charge on any atom is -0.310 e. The lowest BCUT2D eigenvalue weighted by molar-refractivity contribution is 0.333. The molecule has 3 N–H and O–H groups in total. The van der Waals surface area contributed by atoms with Crippen LogP contribution < -0.4 is 11.0 Å². The SMILES string of the molecule is C[C@H]1CC[C@H](c2ccc3[nH]c(=O)[nH]c3c2)NC1. The molecule has 1 aromatic carbocycles. The van der Waals surface area contributed by atoms with E-state index in [1.165, 1.54) is 18.4 Å². The zero-order valence-corrected chi connectivity index (χ0v) is 9.92. The van der Waals surface area contributed by atoms with Crippen molar-refractivity contribution in [3.8, 4) is 0 Å². The third kappa shape index (κ3) is 2.00. The summed E-state index contributed by atoms with van der Waals surface area (Å²) in [6, 6.07) is 6.57. The second-order valence-electron chi connectivity index (χ2n) is 5.03. The Hall–Kier alpha value is -1.55. The van der Waals surface area contributed by atoms with Crippen LogP contribution in [-0.4, -0.2) is 16.5 Å². The number of benzene rings is 1. The number of aromatic amines is 2. The third-order valence-corrected chi connectivity index (χ3v) is 3.60. The average Bonchev–Trinajstić information content (AvgIpc) is 2.69. The molecule has 2 heterocycles. The molecule has 0 amide bonds. The highest BCUT2D eigenvalue weighted by atomic mass is 16.1. The number of hydrogen-bond donors (Lipinski definition) is 3. The van der Waals surface area contributed by atoms with Gasteiger partial charge in [0.15, 0.2) is 0 Å². The number of hydrogen-bond acceptors (Lipinski definition) is 2. The first kappa shape index (κ1) is 10.6. The van der Waals surface area contributed by atoms with Crippen molar-refractivity contribution in [3.63, 3.8) is 0 Å². The van der Waals surface area contributed by atoms with E-state index >= 15 is 0 Å². The maximum absolute atomic E-state index is 11.2. The number of rotatable bonds is 1. The van der Waals surface area contributed by atoms with Gasteiger partial charge in [-0.1, -0.05) is 13.0 Å². The Morgan fingerprint density at radius 2 is 2.00 bits per heavy atom. The van der Waals surface area contributed by atoms with Crippen LogP contribution in [0.5, 0.6) is 0 Å². The molecular weight excluding hydrogens is 214 g/mol. The van der Waals surface area contributed by atoms with Gasteiger partial charge in [-0.25, -0.2) is 4.79 Å². The molecule has 4 heteroatoms. The molecule has 2 atom stereocenters. The first-order valence-electron chi connectivity index (χ1n) is 6.18. The predicted octanol–water partition coefficient (Wildman–Crippen LogP) is 1.92. The predicted molar refractivity (Wildman–Crippen MR) is 68.1 cm³/mol. The minimum atomic E-state index is -0.137. The summed E-state index contributed by atoms with van der Waals surface area (Å²) in [5, 5.41) is 3.55. The lowest BCUT2D eigenvalue weighted by Crippen LogP contribution is -2.31. The van der Waals surface area contributed by atoms with E-state index in [2.05, 4.69) is 34.3 Å². The molecule has 0 bridgehead atoms. The molecule has 1 fully saturated rings. The quantitative estimate of drug-likeness (QED) is 0.702. The number of piperidine rings is 1. The maximum Gasteiger partial charge on any atom is 0.323 e. The Morgan fingerprint density at radius 1 is 1.18 bits per heavy atom. The van der Waals surface area contributed by atoms with Crippen LogP contribution in [0.2, 0.25) is 0 Å². The van der Waals surface area contributed by atoms with Crippen molar-refractivity contribution in [3.05, 3.63) is 34.2 Å². The van der Waals surface area contributed by atoms with Crippen LogP contribution in [-0.2, 0) is 0 Å². The highest BCUT2D eigenvalue weighted by molar-refractivity contribution is 5.75. The Labute approximate surface area is 99.4 Å². The van der Waals surface area contributed by atoms with Crippen molar-refractivity contribution in [2.45, 2.75) is 25.8 Å². The molecule has 17 heavy (non-hydrogen) atoms. The molecule has 0 spiro atoms. The molecule has 1 aliphatic heterocycles. The van der Waals surface area contributed by atoms with Crippen molar-refractivity contribution in [2.24, 2.45) is 5.92 Å². The minimum absolute atomic E-state index is 0.137. The summed E-state index contributed by atoms with van der Waals surface area (Å²) in [4.78, 5) is 16.8. The van der Waals surface area contributed by atoms with Crippen molar-refractivity contribution in [1.29, 1.82) is 0 Å². The number of H-pyrrole nitrogens is 2.